The van der Waals surface area contributed by atoms with Crippen LogP contribution in [-0.4, -0.2) is 6.71 Å². The van der Waals surface area contributed by atoms with Crippen LogP contribution in [0.3, 0.4) is 0 Å². The molecule has 0 unspecified atom stereocenters. The standard InChI is InChI=1S/C16H21B/c1-5-10-14(3)17(15(4)11-6-2)16-12-8-7-9-13-16/h5,7-10,12-13H,3-4,6,11H2,1-2H3/b10-5+. The Morgan fingerprint density at radius 2 is 1.88 bits per heavy atom. The Balaban J connectivity index is 3.02. The Bertz CT molecular complexity index is 401. The summed E-state index contributed by atoms with van der Waals surface area (Å²) in [7, 11) is 0. The maximum Gasteiger partial charge on any atom is 0.235 e. The molecule has 0 heterocycles. The Hall–Kier alpha value is -1.50. The van der Waals surface area contributed by atoms with Crippen LogP contribution in [0.2, 0.25) is 0 Å². The Labute approximate surface area is 106 Å². The lowest BCUT2D eigenvalue weighted by Crippen LogP contribution is -2.33. The van der Waals surface area contributed by atoms with Gasteiger partial charge in [-0.1, -0.05) is 72.2 Å². The zero-order valence-electron chi connectivity index (χ0n) is 10.9. The van der Waals surface area contributed by atoms with Crippen LogP contribution in [0.1, 0.15) is 26.7 Å². The summed E-state index contributed by atoms with van der Waals surface area (Å²) in [5.41, 5.74) is 3.66. The molecule has 0 aliphatic carbocycles. The van der Waals surface area contributed by atoms with Gasteiger partial charge in [-0.3, -0.25) is 0 Å². The van der Waals surface area contributed by atoms with E-state index in [-0.39, 0.29) is 6.71 Å². The van der Waals surface area contributed by atoms with Gasteiger partial charge in [0.25, 0.3) is 0 Å². The molecule has 0 amide bonds. The fraction of sp³-hybridized carbons (Fsp3) is 0.250. The molecule has 0 saturated carbocycles. The van der Waals surface area contributed by atoms with E-state index in [2.05, 4.69) is 50.4 Å². The largest absolute Gasteiger partial charge is 0.235 e. The van der Waals surface area contributed by atoms with Gasteiger partial charge in [0.1, 0.15) is 0 Å². The third-order valence-electron chi connectivity index (χ3n) is 2.86. The molecule has 1 heteroatoms. The van der Waals surface area contributed by atoms with Crippen molar-refractivity contribution in [3.8, 4) is 0 Å². The maximum atomic E-state index is 4.23. The van der Waals surface area contributed by atoms with Crippen LogP contribution in [-0.2, 0) is 0 Å². The highest BCUT2D eigenvalue weighted by Gasteiger charge is 2.20. The number of benzene rings is 1. The van der Waals surface area contributed by atoms with Gasteiger partial charge in [-0.15, -0.1) is 13.2 Å². The first kappa shape index (κ1) is 13.6. The van der Waals surface area contributed by atoms with E-state index >= 15 is 0 Å². The van der Waals surface area contributed by atoms with Crippen molar-refractivity contribution in [2.24, 2.45) is 0 Å². The Morgan fingerprint density at radius 3 is 2.41 bits per heavy atom. The van der Waals surface area contributed by atoms with Gasteiger partial charge in [-0.05, 0) is 13.3 Å². The van der Waals surface area contributed by atoms with E-state index in [1.54, 1.807) is 0 Å². The molecule has 0 aromatic heterocycles. The van der Waals surface area contributed by atoms with Crippen molar-refractivity contribution in [2.75, 3.05) is 0 Å². The van der Waals surface area contributed by atoms with Crippen LogP contribution >= 0.6 is 0 Å². The first-order valence-corrected chi connectivity index (χ1v) is 6.24. The van der Waals surface area contributed by atoms with E-state index in [1.165, 1.54) is 10.9 Å². The highest BCUT2D eigenvalue weighted by Crippen LogP contribution is 2.14. The van der Waals surface area contributed by atoms with Crippen molar-refractivity contribution >= 4 is 12.2 Å². The second kappa shape index (κ2) is 6.95. The minimum Gasteiger partial charge on any atom is -0.108 e. The fourth-order valence-corrected chi connectivity index (χ4v) is 2.13. The summed E-state index contributed by atoms with van der Waals surface area (Å²) in [6, 6.07) is 10.5. The molecule has 0 spiro atoms. The second-order valence-electron chi connectivity index (χ2n) is 4.33. The predicted molar refractivity (Wildman–Crippen MR) is 79.8 cm³/mol. The predicted octanol–water partition coefficient (Wildman–Crippen LogP) is 3.96. The van der Waals surface area contributed by atoms with Crippen LogP contribution in [0.5, 0.6) is 0 Å². The normalized spacial score (nSPS) is 10.5. The first-order valence-electron chi connectivity index (χ1n) is 6.24. The molecule has 0 saturated heterocycles. The molecule has 0 nitrogen and oxygen atoms in total. The zero-order valence-corrected chi connectivity index (χ0v) is 10.9. The summed E-state index contributed by atoms with van der Waals surface area (Å²) in [4.78, 5) is 0. The van der Waals surface area contributed by atoms with E-state index in [9.17, 15) is 0 Å². The van der Waals surface area contributed by atoms with Crippen LogP contribution in [0.25, 0.3) is 0 Å². The van der Waals surface area contributed by atoms with Crippen molar-refractivity contribution < 1.29 is 0 Å². The molecule has 1 aromatic carbocycles. The molecule has 0 aliphatic heterocycles. The van der Waals surface area contributed by atoms with Crippen LogP contribution in [0.15, 0.2) is 66.6 Å². The third kappa shape index (κ3) is 3.78. The van der Waals surface area contributed by atoms with Gasteiger partial charge in [0, 0.05) is 0 Å². The van der Waals surface area contributed by atoms with E-state index < -0.39 is 0 Å². The molecule has 17 heavy (non-hydrogen) atoms. The number of hydrogen-bond acceptors (Lipinski definition) is 0. The van der Waals surface area contributed by atoms with Crippen LogP contribution in [0, 0.1) is 0 Å². The quantitative estimate of drug-likeness (QED) is 0.506. The molecule has 0 radical (unpaired) electrons. The summed E-state index contributed by atoms with van der Waals surface area (Å²) < 4.78 is 0. The lowest BCUT2D eigenvalue weighted by atomic mass is 9.35. The average molecular weight is 224 g/mol. The van der Waals surface area contributed by atoms with Crippen molar-refractivity contribution in [3.05, 3.63) is 66.6 Å². The van der Waals surface area contributed by atoms with E-state index in [0.717, 1.165) is 18.3 Å². The molecule has 0 atom stereocenters. The fourth-order valence-electron chi connectivity index (χ4n) is 2.13. The molecule has 1 rings (SSSR count). The van der Waals surface area contributed by atoms with Crippen molar-refractivity contribution in [1.29, 1.82) is 0 Å². The van der Waals surface area contributed by atoms with Gasteiger partial charge in [0.05, 0.1) is 0 Å². The maximum absolute atomic E-state index is 4.23. The summed E-state index contributed by atoms with van der Waals surface area (Å²) in [6.45, 7) is 12.9. The van der Waals surface area contributed by atoms with E-state index in [0.29, 0.717) is 0 Å². The highest BCUT2D eigenvalue weighted by molar-refractivity contribution is 6.86. The second-order valence-corrected chi connectivity index (χ2v) is 4.33. The highest BCUT2D eigenvalue weighted by atomic mass is 14.0. The summed E-state index contributed by atoms with van der Waals surface area (Å²) >= 11 is 0. The lowest BCUT2D eigenvalue weighted by molar-refractivity contribution is 0.944. The van der Waals surface area contributed by atoms with Crippen molar-refractivity contribution in [3.63, 3.8) is 0 Å². The molecular weight excluding hydrogens is 203 g/mol. The Kier molecular flexibility index (Phi) is 5.55. The van der Waals surface area contributed by atoms with Gasteiger partial charge in [-0.25, -0.2) is 0 Å². The van der Waals surface area contributed by atoms with Gasteiger partial charge < -0.3 is 0 Å². The smallest absolute Gasteiger partial charge is 0.108 e. The lowest BCUT2D eigenvalue weighted by Gasteiger charge is -2.17. The molecule has 0 fully saturated rings. The number of hydrogen-bond donors (Lipinski definition) is 0. The third-order valence-corrected chi connectivity index (χ3v) is 2.86. The topological polar surface area (TPSA) is 0 Å². The van der Waals surface area contributed by atoms with Gasteiger partial charge in [0.15, 0.2) is 0 Å². The van der Waals surface area contributed by atoms with E-state index in [1.807, 2.05) is 19.1 Å². The Morgan fingerprint density at radius 1 is 1.24 bits per heavy atom. The van der Waals surface area contributed by atoms with Crippen LogP contribution < -0.4 is 5.46 Å². The first-order chi connectivity index (χ1) is 8.20. The van der Waals surface area contributed by atoms with Gasteiger partial charge in [-0.2, -0.15) is 0 Å². The van der Waals surface area contributed by atoms with Crippen molar-refractivity contribution in [2.45, 2.75) is 26.7 Å². The number of allylic oxidation sites excluding steroid dienone is 4. The minimum absolute atomic E-state index is 0.257. The summed E-state index contributed by atoms with van der Waals surface area (Å²) in [6.07, 6.45) is 6.30. The molecule has 0 aliphatic rings. The summed E-state index contributed by atoms with van der Waals surface area (Å²) in [5, 5.41) is 0. The molecular formula is C16H21B. The van der Waals surface area contributed by atoms with E-state index in [4.69, 9.17) is 0 Å². The number of rotatable bonds is 6. The molecule has 0 N–H and O–H groups in total. The minimum atomic E-state index is 0.257. The monoisotopic (exact) mass is 224 g/mol. The zero-order chi connectivity index (χ0) is 12.7. The van der Waals surface area contributed by atoms with Gasteiger partial charge >= 0.3 is 0 Å². The summed E-state index contributed by atoms with van der Waals surface area (Å²) in [5.74, 6) is 0. The SMILES string of the molecule is C=C(/C=C/C)B(C(=C)CCC)c1ccccc1. The molecule has 1 aromatic rings. The van der Waals surface area contributed by atoms with Crippen LogP contribution in [0.4, 0.5) is 0 Å². The van der Waals surface area contributed by atoms with Crippen molar-refractivity contribution in [1.82, 2.24) is 0 Å². The molecule has 0 bridgehead atoms. The van der Waals surface area contributed by atoms with Gasteiger partial charge in [0.2, 0.25) is 6.71 Å². The average Bonchev–Trinajstić information content (AvgIpc) is 2.31. The molecule has 88 valence electrons.